The van der Waals surface area contributed by atoms with Crippen molar-refractivity contribution in [3.63, 3.8) is 0 Å². The Bertz CT molecular complexity index is 1110. The first-order valence-corrected chi connectivity index (χ1v) is 11.4. The molecule has 1 amide bonds. The minimum Gasteiger partial charge on any atom is -0.349 e. The van der Waals surface area contributed by atoms with E-state index in [1.807, 2.05) is 35.8 Å². The lowest BCUT2D eigenvalue weighted by molar-refractivity contribution is 0.0925. The van der Waals surface area contributed by atoms with Crippen LogP contribution in [0.2, 0.25) is 0 Å². The Morgan fingerprint density at radius 3 is 2.58 bits per heavy atom. The van der Waals surface area contributed by atoms with Crippen molar-refractivity contribution in [2.75, 3.05) is 0 Å². The van der Waals surface area contributed by atoms with E-state index in [-0.39, 0.29) is 17.5 Å². The summed E-state index contributed by atoms with van der Waals surface area (Å²) < 4.78 is 3.19. The van der Waals surface area contributed by atoms with Crippen LogP contribution in [0.15, 0.2) is 35.3 Å². The molecule has 7 heteroatoms. The number of amides is 1. The molecule has 1 fully saturated rings. The number of hydrogen-bond donors (Lipinski definition) is 1. The van der Waals surface area contributed by atoms with E-state index < -0.39 is 5.56 Å². The van der Waals surface area contributed by atoms with Gasteiger partial charge >= 0.3 is 0 Å². The van der Waals surface area contributed by atoms with Gasteiger partial charge in [0.2, 0.25) is 5.78 Å². The molecule has 0 bridgehead atoms. The smallest absolute Gasteiger partial charge is 0.288 e. The highest BCUT2D eigenvalue weighted by molar-refractivity contribution is 5.94. The van der Waals surface area contributed by atoms with Crippen LogP contribution in [0, 0.1) is 6.92 Å². The fourth-order valence-corrected chi connectivity index (χ4v) is 4.20. The quantitative estimate of drug-likeness (QED) is 0.582. The lowest BCUT2D eigenvalue weighted by Gasteiger charge is -2.22. The SMILES string of the molecule is CCCCCn1cc(C(=O)NC2CCCCC2)c(=O)n2nc(-c3ccc(C)cc3)nc12. The molecule has 0 radical (unpaired) electrons. The number of nitrogens with one attached hydrogen (secondary N) is 1. The van der Waals surface area contributed by atoms with Crippen molar-refractivity contribution in [1.29, 1.82) is 0 Å². The predicted molar refractivity (Wildman–Crippen MR) is 121 cm³/mol. The van der Waals surface area contributed by atoms with Crippen LogP contribution in [-0.2, 0) is 6.54 Å². The summed E-state index contributed by atoms with van der Waals surface area (Å²) in [5, 5.41) is 7.55. The van der Waals surface area contributed by atoms with Gasteiger partial charge in [-0.2, -0.15) is 9.50 Å². The number of hydrogen-bond acceptors (Lipinski definition) is 4. The summed E-state index contributed by atoms with van der Waals surface area (Å²) in [7, 11) is 0. The molecule has 0 saturated heterocycles. The minimum atomic E-state index is -0.416. The van der Waals surface area contributed by atoms with Crippen molar-refractivity contribution < 1.29 is 4.79 Å². The molecule has 2 heterocycles. The van der Waals surface area contributed by atoms with Crippen LogP contribution in [0.5, 0.6) is 0 Å². The van der Waals surface area contributed by atoms with Gasteiger partial charge in [0.25, 0.3) is 11.5 Å². The van der Waals surface area contributed by atoms with E-state index in [1.165, 1.54) is 10.9 Å². The number of fused-ring (bicyclic) bond motifs is 1. The number of nitrogens with zero attached hydrogens (tertiary/aromatic N) is 4. The Kier molecular flexibility index (Phi) is 6.49. The van der Waals surface area contributed by atoms with Crippen molar-refractivity contribution in [3.8, 4) is 11.4 Å². The summed E-state index contributed by atoms with van der Waals surface area (Å²) in [6, 6.07) is 8.04. The van der Waals surface area contributed by atoms with E-state index in [2.05, 4.69) is 22.3 Å². The van der Waals surface area contributed by atoms with E-state index in [0.29, 0.717) is 18.1 Å². The second-order valence-corrected chi connectivity index (χ2v) is 8.57. The van der Waals surface area contributed by atoms with Gasteiger partial charge in [-0.25, -0.2) is 0 Å². The predicted octanol–water partition coefficient (Wildman–Crippen LogP) is 4.12. The van der Waals surface area contributed by atoms with E-state index in [9.17, 15) is 9.59 Å². The zero-order valence-corrected chi connectivity index (χ0v) is 18.4. The second kappa shape index (κ2) is 9.45. The summed E-state index contributed by atoms with van der Waals surface area (Å²) in [5.74, 6) is 0.660. The van der Waals surface area contributed by atoms with E-state index >= 15 is 0 Å². The molecule has 1 aliphatic rings. The molecular weight excluding hydrogens is 390 g/mol. The van der Waals surface area contributed by atoms with Crippen molar-refractivity contribution in [3.05, 3.63) is 51.9 Å². The van der Waals surface area contributed by atoms with Gasteiger partial charge in [-0.15, -0.1) is 5.10 Å². The van der Waals surface area contributed by atoms with Crippen LogP contribution in [0.25, 0.3) is 17.2 Å². The molecule has 0 spiro atoms. The molecule has 1 aromatic carbocycles. The van der Waals surface area contributed by atoms with Crippen LogP contribution in [-0.4, -0.2) is 31.1 Å². The maximum absolute atomic E-state index is 13.2. The zero-order valence-electron chi connectivity index (χ0n) is 18.4. The number of unbranched alkanes of at least 4 members (excludes halogenated alkanes) is 2. The maximum atomic E-state index is 13.2. The molecule has 0 unspecified atom stereocenters. The first-order chi connectivity index (χ1) is 15.1. The molecule has 1 saturated carbocycles. The number of aromatic nitrogens is 4. The first-order valence-electron chi connectivity index (χ1n) is 11.4. The van der Waals surface area contributed by atoms with Gasteiger partial charge in [-0.05, 0) is 26.2 Å². The molecule has 0 aliphatic heterocycles. The number of aryl methyl sites for hydroxylation is 2. The Labute approximate surface area is 182 Å². The van der Waals surface area contributed by atoms with E-state index in [4.69, 9.17) is 0 Å². The summed E-state index contributed by atoms with van der Waals surface area (Å²) in [6.45, 7) is 4.86. The van der Waals surface area contributed by atoms with Crippen LogP contribution in [0.4, 0.5) is 0 Å². The molecule has 7 nitrogen and oxygen atoms in total. The topological polar surface area (TPSA) is 81.3 Å². The summed E-state index contributed by atoms with van der Waals surface area (Å²) in [4.78, 5) is 30.8. The van der Waals surface area contributed by atoms with Crippen LogP contribution < -0.4 is 10.9 Å². The second-order valence-electron chi connectivity index (χ2n) is 8.57. The number of benzene rings is 1. The highest BCUT2D eigenvalue weighted by Crippen LogP contribution is 2.19. The largest absolute Gasteiger partial charge is 0.349 e. The lowest BCUT2D eigenvalue weighted by atomic mass is 9.95. The highest BCUT2D eigenvalue weighted by atomic mass is 16.2. The summed E-state index contributed by atoms with van der Waals surface area (Å²) in [6.07, 6.45) is 10.2. The number of rotatable bonds is 7. The Balaban J connectivity index is 1.73. The molecule has 31 heavy (non-hydrogen) atoms. The third-order valence-corrected chi connectivity index (χ3v) is 6.05. The first kappa shape index (κ1) is 21.3. The van der Waals surface area contributed by atoms with Crippen molar-refractivity contribution in [2.45, 2.75) is 77.8 Å². The third kappa shape index (κ3) is 4.70. The molecule has 1 aliphatic carbocycles. The van der Waals surface area contributed by atoms with Gasteiger partial charge in [0.05, 0.1) is 0 Å². The summed E-state index contributed by atoms with van der Waals surface area (Å²) in [5.41, 5.74) is 1.71. The van der Waals surface area contributed by atoms with Crippen molar-refractivity contribution in [1.82, 2.24) is 24.5 Å². The van der Waals surface area contributed by atoms with E-state index in [1.54, 1.807) is 6.20 Å². The maximum Gasteiger partial charge on any atom is 0.288 e. The fourth-order valence-electron chi connectivity index (χ4n) is 4.20. The van der Waals surface area contributed by atoms with Gasteiger partial charge in [0, 0.05) is 24.3 Å². The van der Waals surface area contributed by atoms with E-state index in [0.717, 1.165) is 56.1 Å². The van der Waals surface area contributed by atoms with Crippen molar-refractivity contribution >= 4 is 11.7 Å². The standard InChI is InChI=1S/C24H31N5O2/c1-3-4-8-15-28-16-20(22(30)25-19-9-6-5-7-10-19)23(31)29-24(28)26-21(27-29)18-13-11-17(2)12-14-18/h11-14,16,19H,3-10,15H2,1-2H3,(H,25,30). The normalized spacial score (nSPS) is 14.8. The van der Waals surface area contributed by atoms with Crippen LogP contribution in [0.1, 0.15) is 74.2 Å². The van der Waals surface area contributed by atoms with Gasteiger partial charge in [0.15, 0.2) is 5.82 Å². The number of carbonyl (C=O) groups is 1. The molecule has 1 N–H and O–H groups in total. The molecule has 3 aromatic rings. The Morgan fingerprint density at radius 2 is 1.87 bits per heavy atom. The average Bonchev–Trinajstić information content (AvgIpc) is 3.23. The third-order valence-electron chi connectivity index (χ3n) is 6.05. The minimum absolute atomic E-state index is 0.134. The Hall–Kier alpha value is -2.96. The zero-order chi connectivity index (χ0) is 21.8. The Morgan fingerprint density at radius 1 is 1.13 bits per heavy atom. The van der Waals surface area contributed by atoms with Gasteiger partial charge < -0.3 is 9.88 Å². The van der Waals surface area contributed by atoms with Crippen LogP contribution >= 0.6 is 0 Å². The van der Waals surface area contributed by atoms with Crippen LogP contribution in [0.3, 0.4) is 0 Å². The van der Waals surface area contributed by atoms with Crippen molar-refractivity contribution in [2.24, 2.45) is 0 Å². The van der Waals surface area contributed by atoms with Gasteiger partial charge in [-0.1, -0.05) is 68.9 Å². The fraction of sp³-hybridized carbons (Fsp3) is 0.500. The monoisotopic (exact) mass is 421 g/mol. The molecule has 164 valence electrons. The van der Waals surface area contributed by atoms with Gasteiger partial charge in [0.1, 0.15) is 5.56 Å². The highest BCUT2D eigenvalue weighted by Gasteiger charge is 2.22. The molecule has 0 atom stereocenters. The lowest BCUT2D eigenvalue weighted by Crippen LogP contribution is -2.40. The molecular formula is C24H31N5O2. The summed E-state index contributed by atoms with van der Waals surface area (Å²) >= 11 is 0. The number of carbonyl (C=O) groups excluding carboxylic acids is 1. The molecule has 2 aromatic heterocycles. The van der Waals surface area contributed by atoms with Gasteiger partial charge in [-0.3, -0.25) is 9.59 Å². The molecule has 4 rings (SSSR count). The average molecular weight is 422 g/mol.